The fourth-order valence-corrected chi connectivity index (χ4v) is 1.43. The molecule has 0 amide bonds. The Hall–Kier alpha value is -0.200. The van der Waals surface area contributed by atoms with E-state index in [0.29, 0.717) is 33.0 Å². The molecule has 0 aliphatic rings. The Morgan fingerprint density at radius 1 is 1.22 bits per heavy atom. The van der Waals surface area contributed by atoms with E-state index in [2.05, 4.69) is 5.32 Å². The van der Waals surface area contributed by atoms with Crippen molar-refractivity contribution in [2.45, 2.75) is 45.4 Å². The summed E-state index contributed by atoms with van der Waals surface area (Å²) in [5.41, 5.74) is -0.142. The first kappa shape index (κ1) is 17.8. The molecule has 0 aromatic heterocycles. The van der Waals surface area contributed by atoms with E-state index >= 15 is 0 Å². The summed E-state index contributed by atoms with van der Waals surface area (Å²) in [5.74, 6) is 0. The van der Waals surface area contributed by atoms with Crippen LogP contribution in [0.2, 0.25) is 0 Å². The van der Waals surface area contributed by atoms with Crippen LogP contribution in [-0.4, -0.2) is 62.9 Å². The molecule has 0 aliphatic heterocycles. The van der Waals surface area contributed by atoms with Crippen LogP contribution in [-0.2, 0) is 14.2 Å². The number of hydrogen-bond donors (Lipinski definition) is 2. The lowest BCUT2D eigenvalue weighted by Crippen LogP contribution is -2.47. The van der Waals surface area contributed by atoms with E-state index in [9.17, 15) is 5.11 Å². The lowest BCUT2D eigenvalue weighted by Gasteiger charge is -2.26. The molecule has 0 radical (unpaired) electrons. The first-order valence-electron chi connectivity index (χ1n) is 6.49. The normalized spacial score (nSPS) is 14.2. The highest BCUT2D eigenvalue weighted by atomic mass is 16.5. The third-order valence-corrected chi connectivity index (χ3v) is 2.31. The first-order chi connectivity index (χ1) is 8.37. The van der Waals surface area contributed by atoms with Crippen LogP contribution in [0.5, 0.6) is 0 Å². The lowest BCUT2D eigenvalue weighted by atomic mass is 10.1. The van der Waals surface area contributed by atoms with Crippen molar-refractivity contribution in [1.82, 2.24) is 5.32 Å². The second-order valence-corrected chi connectivity index (χ2v) is 5.35. The summed E-state index contributed by atoms with van der Waals surface area (Å²) in [6, 6.07) is 0. The number of nitrogens with one attached hydrogen (secondary N) is 1. The van der Waals surface area contributed by atoms with Crippen LogP contribution in [0.3, 0.4) is 0 Å². The van der Waals surface area contributed by atoms with E-state index in [-0.39, 0.29) is 11.6 Å². The molecule has 0 heterocycles. The Morgan fingerprint density at radius 2 is 1.89 bits per heavy atom. The van der Waals surface area contributed by atoms with Crippen molar-refractivity contribution in [1.29, 1.82) is 0 Å². The average molecular weight is 263 g/mol. The second-order valence-electron chi connectivity index (χ2n) is 5.35. The van der Waals surface area contributed by atoms with Gasteiger partial charge in [0, 0.05) is 19.2 Å². The van der Waals surface area contributed by atoms with Crippen LogP contribution in [0.4, 0.5) is 0 Å². The van der Waals surface area contributed by atoms with Crippen molar-refractivity contribution in [3.05, 3.63) is 0 Å². The topological polar surface area (TPSA) is 60.0 Å². The van der Waals surface area contributed by atoms with Gasteiger partial charge in [0.25, 0.3) is 0 Å². The number of ether oxygens (including phenoxy) is 3. The minimum atomic E-state index is -0.514. The van der Waals surface area contributed by atoms with Gasteiger partial charge in [-0.05, 0) is 27.7 Å². The Morgan fingerprint density at radius 3 is 2.44 bits per heavy atom. The van der Waals surface area contributed by atoms with Gasteiger partial charge in [0.1, 0.15) is 0 Å². The molecule has 0 aromatic rings. The maximum absolute atomic E-state index is 9.72. The Bertz CT molecular complexity index is 197. The highest BCUT2D eigenvalue weighted by Gasteiger charge is 2.18. The molecule has 110 valence electrons. The van der Waals surface area contributed by atoms with E-state index in [0.717, 1.165) is 0 Å². The molecule has 1 unspecified atom stereocenters. The number of β-amino-alcohol motifs (C(OH)–C–C–N with tert-alkyl or cyclic N) is 1. The van der Waals surface area contributed by atoms with Gasteiger partial charge in [-0.25, -0.2) is 0 Å². The maximum atomic E-state index is 9.72. The molecule has 0 aromatic carbocycles. The van der Waals surface area contributed by atoms with Gasteiger partial charge in [0.15, 0.2) is 0 Å². The minimum absolute atomic E-state index is 0.142. The number of aliphatic hydroxyl groups excluding tert-OH is 1. The molecule has 0 saturated carbocycles. The average Bonchev–Trinajstić information content (AvgIpc) is 2.25. The van der Waals surface area contributed by atoms with Gasteiger partial charge in [-0.1, -0.05) is 0 Å². The third kappa shape index (κ3) is 10.9. The van der Waals surface area contributed by atoms with Gasteiger partial charge in [-0.3, -0.25) is 0 Å². The van der Waals surface area contributed by atoms with Crippen LogP contribution in [0, 0.1) is 0 Å². The molecule has 0 bridgehead atoms. The van der Waals surface area contributed by atoms with Gasteiger partial charge in [0.05, 0.1) is 38.6 Å². The molecule has 18 heavy (non-hydrogen) atoms. The van der Waals surface area contributed by atoms with Crippen molar-refractivity contribution in [3.8, 4) is 0 Å². The first-order valence-corrected chi connectivity index (χ1v) is 6.49. The molecular weight excluding hydrogens is 234 g/mol. The van der Waals surface area contributed by atoms with Crippen LogP contribution >= 0.6 is 0 Å². The van der Waals surface area contributed by atoms with E-state index < -0.39 is 6.10 Å². The van der Waals surface area contributed by atoms with E-state index in [1.54, 1.807) is 7.11 Å². The summed E-state index contributed by atoms with van der Waals surface area (Å²) < 4.78 is 15.7. The van der Waals surface area contributed by atoms with Gasteiger partial charge in [-0.15, -0.1) is 0 Å². The van der Waals surface area contributed by atoms with Gasteiger partial charge in [0.2, 0.25) is 0 Å². The van der Waals surface area contributed by atoms with Crippen LogP contribution in [0.1, 0.15) is 27.7 Å². The largest absolute Gasteiger partial charge is 0.389 e. The third-order valence-electron chi connectivity index (χ3n) is 2.31. The quantitative estimate of drug-likeness (QED) is 0.540. The molecule has 0 rings (SSSR count). The molecule has 0 fully saturated rings. The molecule has 0 spiro atoms. The summed E-state index contributed by atoms with van der Waals surface area (Å²) >= 11 is 0. The number of hydrogen-bond acceptors (Lipinski definition) is 5. The molecule has 1 atom stereocenters. The number of methoxy groups -OCH3 is 1. The zero-order chi connectivity index (χ0) is 14.0. The summed E-state index contributed by atoms with van der Waals surface area (Å²) in [6.07, 6.45) is -0.296. The lowest BCUT2D eigenvalue weighted by molar-refractivity contribution is -0.0123. The van der Waals surface area contributed by atoms with Crippen molar-refractivity contribution in [3.63, 3.8) is 0 Å². The molecule has 2 N–H and O–H groups in total. The number of aliphatic hydroxyl groups is 1. The van der Waals surface area contributed by atoms with Crippen LogP contribution in [0.15, 0.2) is 0 Å². The molecule has 5 nitrogen and oxygen atoms in total. The molecule has 0 saturated heterocycles. The fourth-order valence-electron chi connectivity index (χ4n) is 1.43. The number of rotatable bonds is 11. The predicted molar refractivity (Wildman–Crippen MR) is 71.9 cm³/mol. The smallest absolute Gasteiger partial charge is 0.0897 e. The summed E-state index contributed by atoms with van der Waals surface area (Å²) in [7, 11) is 1.66. The van der Waals surface area contributed by atoms with Crippen molar-refractivity contribution < 1.29 is 19.3 Å². The minimum Gasteiger partial charge on any atom is -0.389 e. The summed E-state index contributed by atoms with van der Waals surface area (Å²) in [5, 5.41) is 13.0. The van der Waals surface area contributed by atoms with Crippen LogP contribution < -0.4 is 5.32 Å². The molecular formula is C13H29NO4. The van der Waals surface area contributed by atoms with E-state index in [4.69, 9.17) is 14.2 Å². The zero-order valence-corrected chi connectivity index (χ0v) is 12.4. The molecule has 5 heteroatoms. The fraction of sp³-hybridized carbons (Fsp3) is 1.00. The molecule has 0 aliphatic carbocycles. The highest BCUT2D eigenvalue weighted by Crippen LogP contribution is 2.02. The van der Waals surface area contributed by atoms with Crippen molar-refractivity contribution in [2.24, 2.45) is 0 Å². The summed E-state index contributed by atoms with van der Waals surface area (Å²) in [6.45, 7) is 10.5. The SMILES string of the molecule is COCC(C)(C)NCC(O)COCCOC(C)C. The standard InChI is InChI=1S/C13H29NO4/c1-11(2)18-7-6-17-9-12(15)8-14-13(3,4)10-16-5/h11-12,14-15H,6-10H2,1-5H3. The van der Waals surface area contributed by atoms with E-state index in [1.165, 1.54) is 0 Å². The van der Waals surface area contributed by atoms with Gasteiger partial charge >= 0.3 is 0 Å². The predicted octanol–water partition coefficient (Wildman–Crippen LogP) is 0.804. The van der Waals surface area contributed by atoms with Crippen molar-refractivity contribution in [2.75, 3.05) is 40.1 Å². The Labute approximate surface area is 111 Å². The zero-order valence-electron chi connectivity index (χ0n) is 12.4. The second kappa shape index (κ2) is 9.69. The highest BCUT2D eigenvalue weighted by molar-refractivity contribution is 4.78. The maximum Gasteiger partial charge on any atom is 0.0897 e. The van der Waals surface area contributed by atoms with E-state index in [1.807, 2.05) is 27.7 Å². The van der Waals surface area contributed by atoms with Crippen molar-refractivity contribution >= 4 is 0 Å². The summed E-state index contributed by atoms with van der Waals surface area (Å²) in [4.78, 5) is 0. The van der Waals surface area contributed by atoms with Gasteiger partial charge in [-0.2, -0.15) is 0 Å². The Balaban J connectivity index is 3.50. The monoisotopic (exact) mass is 263 g/mol. The van der Waals surface area contributed by atoms with Crippen LogP contribution in [0.25, 0.3) is 0 Å². The van der Waals surface area contributed by atoms with Gasteiger partial charge < -0.3 is 24.6 Å². The Kier molecular flexibility index (Phi) is 9.59.